The maximum absolute atomic E-state index is 11.4. The van der Waals surface area contributed by atoms with Crippen molar-refractivity contribution in [2.24, 2.45) is 0 Å². The first-order chi connectivity index (χ1) is 9.45. The van der Waals surface area contributed by atoms with Gasteiger partial charge in [-0.2, -0.15) is 0 Å². The maximum atomic E-state index is 11.4. The topological polar surface area (TPSA) is 59.4 Å². The Morgan fingerprint density at radius 2 is 1.75 bits per heavy atom. The third kappa shape index (κ3) is 2.68. The van der Waals surface area contributed by atoms with E-state index in [9.17, 15) is 9.90 Å². The lowest BCUT2D eigenvalue weighted by molar-refractivity contribution is 0.0694. The van der Waals surface area contributed by atoms with E-state index in [1.165, 1.54) is 31.6 Å². The van der Waals surface area contributed by atoms with Gasteiger partial charge in [-0.15, -0.1) is 0 Å². The summed E-state index contributed by atoms with van der Waals surface area (Å²) >= 11 is 17.9. The molecule has 0 aliphatic heterocycles. The van der Waals surface area contributed by atoms with Gasteiger partial charge in [-0.3, -0.25) is 4.98 Å². The second kappa shape index (κ2) is 5.87. The number of carboxylic acid groups (broad SMARTS) is 1. The van der Waals surface area contributed by atoms with E-state index in [1.54, 1.807) is 0 Å². The summed E-state index contributed by atoms with van der Waals surface area (Å²) < 4.78 is 5.02. The van der Waals surface area contributed by atoms with Gasteiger partial charge < -0.3 is 9.84 Å². The Morgan fingerprint density at radius 1 is 1.10 bits per heavy atom. The SMILES string of the molecule is COc1cncc(-c2cc(Cl)c(Cl)cc2Cl)c1C(=O)O. The molecular weight excluding hydrogens is 325 g/mol. The molecule has 2 rings (SSSR count). The highest BCUT2D eigenvalue weighted by Gasteiger charge is 2.20. The van der Waals surface area contributed by atoms with Crippen molar-refractivity contribution in [2.75, 3.05) is 7.11 Å². The van der Waals surface area contributed by atoms with Crippen molar-refractivity contribution in [3.8, 4) is 16.9 Å². The molecule has 0 aliphatic rings. The van der Waals surface area contributed by atoms with Gasteiger partial charge >= 0.3 is 5.97 Å². The van der Waals surface area contributed by atoms with Crippen LogP contribution in [0.2, 0.25) is 15.1 Å². The molecule has 1 aromatic heterocycles. The fourth-order valence-electron chi connectivity index (χ4n) is 1.75. The molecule has 0 bridgehead atoms. The summed E-state index contributed by atoms with van der Waals surface area (Å²) in [5.74, 6) is -1.02. The van der Waals surface area contributed by atoms with Crippen LogP contribution in [0.1, 0.15) is 10.4 Å². The molecule has 1 N–H and O–H groups in total. The number of aromatic nitrogens is 1. The van der Waals surface area contributed by atoms with Crippen LogP contribution in [0.15, 0.2) is 24.5 Å². The van der Waals surface area contributed by atoms with E-state index in [4.69, 9.17) is 39.5 Å². The standard InChI is InChI=1S/C13H8Cl3NO3/c1-20-11-5-17-4-7(12(11)13(18)19)6-2-9(15)10(16)3-8(6)14/h2-5H,1H3,(H,18,19). The van der Waals surface area contributed by atoms with Crippen LogP contribution in [0.4, 0.5) is 0 Å². The first-order valence-corrected chi connectivity index (χ1v) is 6.49. The minimum Gasteiger partial charge on any atom is -0.494 e. The van der Waals surface area contributed by atoms with Crippen LogP contribution in [0.3, 0.4) is 0 Å². The van der Waals surface area contributed by atoms with Crippen LogP contribution < -0.4 is 4.74 Å². The number of hydrogen-bond acceptors (Lipinski definition) is 3. The molecule has 0 spiro atoms. The minimum atomic E-state index is -1.15. The van der Waals surface area contributed by atoms with Crippen molar-refractivity contribution in [2.45, 2.75) is 0 Å². The van der Waals surface area contributed by atoms with Gasteiger partial charge in [0.25, 0.3) is 0 Å². The fourth-order valence-corrected chi connectivity index (χ4v) is 2.40. The number of aromatic carboxylic acids is 1. The van der Waals surface area contributed by atoms with Crippen molar-refractivity contribution in [3.05, 3.63) is 45.2 Å². The molecule has 2 aromatic rings. The van der Waals surface area contributed by atoms with Gasteiger partial charge in [0.1, 0.15) is 5.56 Å². The van der Waals surface area contributed by atoms with E-state index in [0.29, 0.717) is 11.1 Å². The number of halogens is 3. The predicted octanol–water partition coefficient (Wildman–Crippen LogP) is 4.42. The number of benzene rings is 1. The Morgan fingerprint density at radius 3 is 2.35 bits per heavy atom. The second-order valence-corrected chi connectivity index (χ2v) is 5.04. The molecule has 1 heterocycles. The van der Waals surface area contributed by atoms with Gasteiger partial charge in [-0.1, -0.05) is 34.8 Å². The van der Waals surface area contributed by atoms with E-state index in [-0.39, 0.29) is 26.4 Å². The quantitative estimate of drug-likeness (QED) is 0.845. The van der Waals surface area contributed by atoms with Crippen molar-refractivity contribution < 1.29 is 14.6 Å². The van der Waals surface area contributed by atoms with Crippen LogP contribution in [0.5, 0.6) is 5.75 Å². The monoisotopic (exact) mass is 331 g/mol. The van der Waals surface area contributed by atoms with E-state index >= 15 is 0 Å². The lowest BCUT2D eigenvalue weighted by atomic mass is 10.0. The van der Waals surface area contributed by atoms with Crippen LogP contribution >= 0.6 is 34.8 Å². The lowest BCUT2D eigenvalue weighted by Gasteiger charge is -2.12. The minimum absolute atomic E-state index is 0.0391. The number of hydrogen-bond donors (Lipinski definition) is 1. The number of methoxy groups -OCH3 is 1. The summed E-state index contributed by atoms with van der Waals surface area (Å²) in [6.45, 7) is 0. The zero-order chi connectivity index (χ0) is 14.9. The highest BCUT2D eigenvalue weighted by atomic mass is 35.5. The number of carboxylic acids is 1. The molecule has 0 aliphatic carbocycles. The molecule has 0 radical (unpaired) electrons. The van der Waals surface area contributed by atoms with Gasteiger partial charge in [0.2, 0.25) is 0 Å². The first kappa shape index (κ1) is 14.9. The molecule has 0 saturated heterocycles. The smallest absolute Gasteiger partial charge is 0.340 e. The van der Waals surface area contributed by atoms with Crippen molar-refractivity contribution in [3.63, 3.8) is 0 Å². The third-order valence-electron chi connectivity index (χ3n) is 2.65. The van der Waals surface area contributed by atoms with Gasteiger partial charge in [0, 0.05) is 17.3 Å². The molecule has 0 unspecified atom stereocenters. The van der Waals surface area contributed by atoms with Crippen molar-refractivity contribution in [1.29, 1.82) is 0 Å². The summed E-state index contributed by atoms with van der Waals surface area (Å²) in [5, 5.41) is 10.2. The molecular formula is C13H8Cl3NO3. The zero-order valence-electron chi connectivity index (χ0n) is 10.2. The zero-order valence-corrected chi connectivity index (χ0v) is 12.4. The molecule has 0 saturated carbocycles. The Labute approximate surface area is 129 Å². The third-order valence-corrected chi connectivity index (χ3v) is 3.68. The van der Waals surface area contributed by atoms with E-state index in [1.807, 2.05) is 0 Å². The first-order valence-electron chi connectivity index (χ1n) is 5.36. The summed E-state index contributed by atoms with van der Waals surface area (Å²) in [5.41, 5.74) is 0.688. The highest BCUT2D eigenvalue weighted by molar-refractivity contribution is 6.44. The number of nitrogens with zero attached hydrogens (tertiary/aromatic N) is 1. The van der Waals surface area contributed by atoms with Gasteiger partial charge in [0.15, 0.2) is 5.75 Å². The maximum Gasteiger partial charge on any atom is 0.340 e. The van der Waals surface area contributed by atoms with Crippen LogP contribution in [-0.4, -0.2) is 23.2 Å². The van der Waals surface area contributed by atoms with Gasteiger partial charge in [-0.25, -0.2) is 4.79 Å². The second-order valence-electron chi connectivity index (χ2n) is 3.82. The lowest BCUT2D eigenvalue weighted by Crippen LogP contribution is -2.04. The predicted molar refractivity (Wildman–Crippen MR) is 78.2 cm³/mol. The summed E-state index contributed by atoms with van der Waals surface area (Å²) in [4.78, 5) is 15.4. The average molecular weight is 333 g/mol. The molecule has 1 aromatic carbocycles. The number of ether oxygens (including phenoxy) is 1. The summed E-state index contributed by atoms with van der Waals surface area (Å²) in [6, 6.07) is 2.95. The fraction of sp³-hybridized carbons (Fsp3) is 0.0769. The summed E-state index contributed by atoms with van der Waals surface area (Å²) in [7, 11) is 1.36. The molecule has 104 valence electrons. The summed E-state index contributed by atoms with van der Waals surface area (Å²) in [6.07, 6.45) is 2.70. The highest BCUT2D eigenvalue weighted by Crippen LogP contribution is 2.38. The van der Waals surface area contributed by atoms with Gasteiger partial charge in [0.05, 0.1) is 28.4 Å². The number of pyridine rings is 1. The number of carbonyl (C=O) groups is 1. The molecule has 0 atom stereocenters. The largest absolute Gasteiger partial charge is 0.494 e. The molecule has 20 heavy (non-hydrogen) atoms. The van der Waals surface area contributed by atoms with E-state index in [2.05, 4.69) is 4.98 Å². The van der Waals surface area contributed by atoms with Crippen molar-refractivity contribution >= 4 is 40.8 Å². The molecule has 4 nitrogen and oxygen atoms in total. The van der Waals surface area contributed by atoms with Crippen molar-refractivity contribution in [1.82, 2.24) is 4.98 Å². The Balaban J connectivity index is 2.76. The van der Waals surface area contributed by atoms with Gasteiger partial charge in [-0.05, 0) is 12.1 Å². The van der Waals surface area contributed by atoms with Crippen LogP contribution in [-0.2, 0) is 0 Å². The molecule has 0 amide bonds. The average Bonchev–Trinajstić information content (AvgIpc) is 2.41. The molecule has 7 heteroatoms. The number of rotatable bonds is 3. The normalized spacial score (nSPS) is 10.4. The van der Waals surface area contributed by atoms with E-state index in [0.717, 1.165) is 0 Å². The van der Waals surface area contributed by atoms with E-state index < -0.39 is 5.97 Å². The Bertz CT molecular complexity index is 689. The van der Waals surface area contributed by atoms with Crippen LogP contribution in [0.25, 0.3) is 11.1 Å². The molecule has 0 fully saturated rings. The van der Waals surface area contributed by atoms with Crippen LogP contribution in [0, 0.1) is 0 Å². The Hall–Kier alpha value is -1.49. The Kier molecular flexibility index (Phi) is 4.38.